The van der Waals surface area contributed by atoms with E-state index in [4.69, 9.17) is 9.84 Å². The van der Waals surface area contributed by atoms with Gasteiger partial charge in [-0.3, -0.25) is 4.79 Å². The second-order valence-corrected chi connectivity index (χ2v) is 6.09. The summed E-state index contributed by atoms with van der Waals surface area (Å²) < 4.78 is 5.31. The number of thiophene rings is 1. The summed E-state index contributed by atoms with van der Waals surface area (Å²) in [4.78, 5) is 14.9. The second kappa shape index (κ2) is 9.22. The summed E-state index contributed by atoms with van der Waals surface area (Å²) in [7, 11) is 1.59. The number of amides is 1. The zero-order chi connectivity index (χ0) is 17.4. The van der Waals surface area contributed by atoms with Crippen LogP contribution in [0.3, 0.4) is 0 Å². The fourth-order valence-electron chi connectivity index (χ4n) is 2.25. The first-order valence-electron chi connectivity index (χ1n) is 7.56. The summed E-state index contributed by atoms with van der Waals surface area (Å²) in [6.07, 6.45) is 3.21. The fourth-order valence-corrected chi connectivity index (χ4v) is 3.05. The highest BCUT2D eigenvalue weighted by Gasteiger charge is 2.13. The van der Waals surface area contributed by atoms with Crippen LogP contribution in [0.25, 0.3) is 6.08 Å². The summed E-state index contributed by atoms with van der Waals surface area (Å²) in [6.45, 7) is 0.485. The SMILES string of the molecule is COc1ccccc1CN(CCO)C(=O)C=Cc1cc(CO)cs1. The van der Waals surface area contributed by atoms with Gasteiger partial charge in [0.1, 0.15) is 5.75 Å². The number of ether oxygens (including phenoxy) is 1. The lowest BCUT2D eigenvalue weighted by molar-refractivity contribution is -0.127. The fraction of sp³-hybridized carbons (Fsp3) is 0.278. The lowest BCUT2D eigenvalue weighted by atomic mass is 10.2. The van der Waals surface area contributed by atoms with E-state index < -0.39 is 0 Å². The van der Waals surface area contributed by atoms with Crippen LogP contribution in [0.15, 0.2) is 41.8 Å². The number of methoxy groups -OCH3 is 1. The summed E-state index contributed by atoms with van der Waals surface area (Å²) in [6, 6.07) is 9.33. The Morgan fingerprint density at radius 1 is 1.33 bits per heavy atom. The summed E-state index contributed by atoms with van der Waals surface area (Å²) in [5.74, 6) is 0.525. The van der Waals surface area contributed by atoms with Crippen LogP contribution < -0.4 is 4.74 Å². The molecule has 2 N–H and O–H groups in total. The van der Waals surface area contributed by atoms with Crippen molar-refractivity contribution in [3.8, 4) is 5.75 Å². The average Bonchev–Trinajstić information content (AvgIpc) is 3.08. The first-order valence-corrected chi connectivity index (χ1v) is 8.44. The number of carbonyl (C=O) groups is 1. The maximum Gasteiger partial charge on any atom is 0.246 e. The van der Waals surface area contributed by atoms with Gasteiger partial charge in [0.15, 0.2) is 0 Å². The topological polar surface area (TPSA) is 70.0 Å². The molecule has 5 nitrogen and oxygen atoms in total. The Bertz CT molecular complexity index is 696. The number of aliphatic hydroxyl groups is 2. The van der Waals surface area contributed by atoms with Crippen LogP contribution in [-0.4, -0.2) is 41.3 Å². The highest BCUT2D eigenvalue weighted by Crippen LogP contribution is 2.20. The number of hydrogen-bond donors (Lipinski definition) is 2. The van der Waals surface area contributed by atoms with E-state index in [9.17, 15) is 9.90 Å². The molecular formula is C18H21NO4S. The number of hydrogen-bond acceptors (Lipinski definition) is 5. The van der Waals surface area contributed by atoms with E-state index in [1.165, 1.54) is 17.4 Å². The Kier molecular flexibility index (Phi) is 6.99. The smallest absolute Gasteiger partial charge is 0.246 e. The Morgan fingerprint density at radius 3 is 2.79 bits per heavy atom. The molecule has 1 amide bonds. The molecule has 0 aliphatic carbocycles. The summed E-state index contributed by atoms with van der Waals surface area (Å²) in [5, 5.41) is 20.2. The maximum absolute atomic E-state index is 12.4. The third-order valence-corrected chi connectivity index (χ3v) is 4.43. The third-order valence-electron chi connectivity index (χ3n) is 3.48. The van der Waals surface area contributed by atoms with Crippen LogP contribution in [0.1, 0.15) is 16.0 Å². The molecular weight excluding hydrogens is 326 g/mol. The van der Waals surface area contributed by atoms with Crippen LogP contribution >= 0.6 is 11.3 Å². The highest BCUT2D eigenvalue weighted by molar-refractivity contribution is 7.11. The zero-order valence-corrected chi connectivity index (χ0v) is 14.3. The zero-order valence-electron chi connectivity index (χ0n) is 13.5. The molecule has 1 aromatic carbocycles. The van der Waals surface area contributed by atoms with Gasteiger partial charge in [0.2, 0.25) is 5.91 Å². The number of benzene rings is 1. The summed E-state index contributed by atoms with van der Waals surface area (Å²) in [5.41, 5.74) is 1.71. The average molecular weight is 347 g/mol. The largest absolute Gasteiger partial charge is 0.496 e. The van der Waals surface area contributed by atoms with Crippen molar-refractivity contribution in [2.24, 2.45) is 0 Å². The van der Waals surface area contributed by atoms with Crippen LogP contribution in [-0.2, 0) is 17.9 Å². The molecule has 2 aromatic rings. The minimum absolute atomic E-state index is 0.0112. The minimum atomic E-state index is -0.186. The van der Waals surface area contributed by atoms with Crippen molar-refractivity contribution in [1.29, 1.82) is 0 Å². The molecule has 0 radical (unpaired) electrons. The molecule has 128 valence electrons. The predicted octanol–water partition coefficient (Wildman–Crippen LogP) is 2.28. The van der Waals surface area contributed by atoms with Crippen LogP contribution in [0, 0.1) is 0 Å². The molecule has 0 fully saturated rings. The molecule has 0 spiro atoms. The molecule has 6 heteroatoms. The molecule has 0 bridgehead atoms. The van der Waals surface area contributed by atoms with Gasteiger partial charge < -0.3 is 19.8 Å². The number of carbonyl (C=O) groups excluding carboxylic acids is 1. The molecule has 1 aromatic heterocycles. The quantitative estimate of drug-likeness (QED) is 0.719. The second-order valence-electron chi connectivity index (χ2n) is 5.14. The number of para-hydroxylation sites is 1. The van der Waals surface area contributed by atoms with Crippen molar-refractivity contribution in [2.75, 3.05) is 20.3 Å². The van der Waals surface area contributed by atoms with Crippen molar-refractivity contribution in [3.63, 3.8) is 0 Å². The minimum Gasteiger partial charge on any atom is -0.496 e. The van der Waals surface area contributed by atoms with Crippen LogP contribution in [0.4, 0.5) is 0 Å². The van der Waals surface area contributed by atoms with E-state index in [2.05, 4.69) is 0 Å². The van der Waals surface area contributed by atoms with Gasteiger partial charge in [0.05, 0.1) is 20.3 Å². The van der Waals surface area contributed by atoms with Gasteiger partial charge in [-0.2, -0.15) is 0 Å². The third kappa shape index (κ3) is 4.92. The standard InChI is InChI=1S/C18H21NO4S/c1-23-17-5-3-2-4-15(17)11-19(8-9-20)18(22)7-6-16-10-14(12-21)13-24-16/h2-7,10,13,20-21H,8-9,11-12H2,1H3. The van der Waals surface area contributed by atoms with Crippen LogP contribution in [0.5, 0.6) is 5.75 Å². The number of aliphatic hydroxyl groups excluding tert-OH is 2. The number of rotatable bonds is 8. The van der Waals surface area contributed by atoms with Gasteiger partial charge in [-0.25, -0.2) is 0 Å². The molecule has 0 aliphatic rings. The van der Waals surface area contributed by atoms with E-state index in [0.717, 1.165) is 16.0 Å². The van der Waals surface area contributed by atoms with E-state index in [0.29, 0.717) is 12.3 Å². The lowest BCUT2D eigenvalue weighted by Gasteiger charge is -2.21. The maximum atomic E-state index is 12.4. The first kappa shape index (κ1) is 18.2. The Hall–Kier alpha value is -2.15. The van der Waals surface area contributed by atoms with Crippen molar-refractivity contribution >= 4 is 23.3 Å². The predicted molar refractivity (Wildman–Crippen MR) is 94.8 cm³/mol. The molecule has 1 heterocycles. The molecule has 2 rings (SSSR count). The van der Waals surface area contributed by atoms with Gasteiger partial charge in [-0.1, -0.05) is 18.2 Å². The molecule has 0 unspecified atom stereocenters. The molecule has 0 saturated heterocycles. The monoisotopic (exact) mass is 347 g/mol. The molecule has 0 saturated carbocycles. The molecule has 24 heavy (non-hydrogen) atoms. The van der Waals surface area contributed by atoms with Crippen LogP contribution in [0.2, 0.25) is 0 Å². The van der Waals surface area contributed by atoms with E-state index >= 15 is 0 Å². The Morgan fingerprint density at radius 2 is 2.12 bits per heavy atom. The van der Waals surface area contributed by atoms with Crippen molar-refractivity contribution in [2.45, 2.75) is 13.2 Å². The highest BCUT2D eigenvalue weighted by atomic mass is 32.1. The van der Waals surface area contributed by atoms with Crippen molar-refractivity contribution in [3.05, 3.63) is 57.8 Å². The van der Waals surface area contributed by atoms with E-state index in [-0.39, 0.29) is 25.7 Å². The normalized spacial score (nSPS) is 11.0. The summed E-state index contributed by atoms with van der Waals surface area (Å²) >= 11 is 1.46. The molecule has 0 aliphatic heterocycles. The van der Waals surface area contributed by atoms with Gasteiger partial charge in [0, 0.05) is 29.6 Å². The molecule has 0 atom stereocenters. The van der Waals surface area contributed by atoms with Crippen molar-refractivity contribution < 1.29 is 19.7 Å². The van der Waals surface area contributed by atoms with Gasteiger partial charge >= 0.3 is 0 Å². The number of nitrogens with zero attached hydrogens (tertiary/aromatic N) is 1. The van der Waals surface area contributed by atoms with E-state index in [1.807, 2.05) is 35.7 Å². The van der Waals surface area contributed by atoms with E-state index in [1.54, 1.807) is 18.1 Å². The Labute approximate surface area is 145 Å². The Balaban J connectivity index is 2.09. The van der Waals surface area contributed by atoms with Crippen molar-refractivity contribution in [1.82, 2.24) is 4.90 Å². The van der Waals surface area contributed by atoms with Gasteiger partial charge in [-0.05, 0) is 29.2 Å². The van der Waals surface area contributed by atoms with Gasteiger partial charge in [0.25, 0.3) is 0 Å². The first-order chi connectivity index (χ1) is 11.7. The van der Waals surface area contributed by atoms with Gasteiger partial charge in [-0.15, -0.1) is 11.3 Å². The lowest BCUT2D eigenvalue weighted by Crippen LogP contribution is -2.31.